The molecule has 1 amide bonds. The maximum Gasteiger partial charge on any atom is 0.236 e. The molecule has 2 aromatic rings. The van der Waals surface area contributed by atoms with Gasteiger partial charge in [0.15, 0.2) is 14.1 Å². The van der Waals surface area contributed by atoms with E-state index in [9.17, 15) is 4.79 Å². The van der Waals surface area contributed by atoms with Crippen molar-refractivity contribution < 1.29 is 14.0 Å². The van der Waals surface area contributed by atoms with E-state index >= 15 is 0 Å². The van der Waals surface area contributed by atoms with Crippen molar-refractivity contribution in [2.45, 2.75) is 134 Å². The maximum atomic E-state index is 13.1. The third kappa shape index (κ3) is 6.47. The number of fused-ring (bicyclic) bond motifs is 2. The van der Waals surface area contributed by atoms with Crippen LogP contribution in [0.4, 0.5) is 17.6 Å². The molecule has 226 valence electrons. The van der Waals surface area contributed by atoms with Gasteiger partial charge < -0.3 is 19.8 Å². The van der Waals surface area contributed by atoms with Gasteiger partial charge in [0.05, 0.1) is 11.1 Å². The number of nitrogens with one attached hydrogen (secondary N) is 2. The van der Waals surface area contributed by atoms with Crippen LogP contribution in [-0.2, 0) is 26.1 Å². The molecule has 0 saturated heterocycles. The lowest BCUT2D eigenvalue weighted by molar-refractivity contribution is -0.117. The average Bonchev–Trinajstić information content (AvgIpc) is 3.51. The molecule has 3 aliphatic rings. The van der Waals surface area contributed by atoms with Gasteiger partial charge in [-0.2, -0.15) is 10.1 Å². The van der Waals surface area contributed by atoms with Crippen molar-refractivity contribution in [3.63, 3.8) is 0 Å². The van der Waals surface area contributed by atoms with Crippen molar-refractivity contribution in [3.8, 4) is 0 Å². The highest BCUT2D eigenvalue weighted by Crippen LogP contribution is 2.57. The topological polar surface area (TPSA) is 103 Å². The second-order valence-electron chi connectivity index (χ2n) is 15.2. The lowest BCUT2D eigenvalue weighted by atomic mass is 9.81. The molecule has 0 bridgehead atoms. The van der Waals surface area contributed by atoms with Crippen molar-refractivity contribution >= 4 is 39.9 Å². The Morgan fingerprint density at radius 3 is 2.54 bits per heavy atom. The number of carbonyl (C=O) groups excluding carboxylic acids is 1. The first-order chi connectivity index (χ1) is 19.1. The van der Waals surface area contributed by atoms with Gasteiger partial charge in [-0.1, -0.05) is 46.8 Å². The number of aryl methyl sites for hydroxylation is 1. The first-order valence-corrected chi connectivity index (χ1v) is 22.0. The molecule has 9 nitrogen and oxygen atoms in total. The Morgan fingerprint density at radius 2 is 1.88 bits per heavy atom. The standard InChI is InChI=1S/C30H50N6O3Si2/c1-20-17-23(35-36(20)19-38-15-16-40(5,6)7)31-28-32-25(24-26(34-28)33-27(37)30(24)13-14-30)21-11-10-12-22(18-21)39-41(8,9)29(2,3)4/h17,21-22H,10-16,18-19H2,1-9H3,(H2,31,32,33,34,35,37)/t21-,22-/m1/s1. The first kappa shape index (κ1) is 30.4. The van der Waals surface area contributed by atoms with Crippen molar-refractivity contribution in [3.05, 3.63) is 23.0 Å². The minimum absolute atomic E-state index is 0.0701. The van der Waals surface area contributed by atoms with Crippen LogP contribution in [0.1, 0.15) is 82.2 Å². The Bertz CT molecular complexity index is 1290. The van der Waals surface area contributed by atoms with E-state index in [-0.39, 0.29) is 23.0 Å². The number of aromatic nitrogens is 4. The number of anilines is 3. The van der Waals surface area contributed by atoms with Gasteiger partial charge in [0.1, 0.15) is 12.5 Å². The minimum atomic E-state index is -1.89. The quantitative estimate of drug-likeness (QED) is 0.223. The number of amides is 1. The summed E-state index contributed by atoms with van der Waals surface area (Å²) in [6, 6.07) is 3.11. The summed E-state index contributed by atoms with van der Waals surface area (Å²) < 4.78 is 14.7. The molecule has 2 fully saturated rings. The summed E-state index contributed by atoms with van der Waals surface area (Å²) in [5, 5.41) is 11.3. The highest BCUT2D eigenvalue weighted by molar-refractivity contribution is 6.76. The molecule has 2 atom stereocenters. The van der Waals surface area contributed by atoms with E-state index in [0.29, 0.717) is 24.3 Å². The van der Waals surface area contributed by atoms with Crippen LogP contribution in [0, 0.1) is 6.92 Å². The van der Waals surface area contributed by atoms with Crippen LogP contribution in [0.2, 0.25) is 43.8 Å². The van der Waals surface area contributed by atoms with Gasteiger partial charge in [-0.25, -0.2) is 9.67 Å². The van der Waals surface area contributed by atoms with Crippen LogP contribution < -0.4 is 10.6 Å². The molecule has 5 rings (SSSR count). The molecule has 0 aromatic carbocycles. The summed E-state index contributed by atoms with van der Waals surface area (Å²) >= 11 is 0. The van der Waals surface area contributed by atoms with E-state index in [1.54, 1.807) is 0 Å². The summed E-state index contributed by atoms with van der Waals surface area (Å²) in [6.45, 7) is 21.8. The van der Waals surface area contributed by atoms with E-state index < -0.39 is 21.8 Å². The molecular formula is C30H50N6O3Si2. The lowest BCUT2D eigenvalue weighted by Crippen LogP contribution is -2.45. The van der Waals surface area contributed by atoms with Gasteiger partial charge in [0.2, 0.25) is 11.9 Å². The van der Waals surface area contributed by atoms with Crippen LogP contribution in [0.15, 0.2) is 6.07 Å². The number of hydrogen-bond donors (Lipinski definition) is 2. The third-order valence-corrected chi connectivity index (χ3v) is 15.8. The predicted octanol–water partition coefficient (Wildman–Crippen LogP) is 7.07. The fourth-order valence-electron chi connectivity index (χ4n) is 5.77. The Labute approximate surface area is 247 Å². The van der Waals surface area contributed by atoms with Gasteiger partial charge in [-0.15, -0.1) is 0 Å². The van der Waals surface area contributed by atoms with E-state index in [4.69, 9.17) is 24.2 Å². The minimum Gasteiger partial charge on any atom is -0.414 e. The molecule has 2 aromatic heterocycles. The Morgan fingerprint density at radius 1 is 1.15 bits per heavy atom. The summed E-state index contributed by atoms with van der Waals surface area (Å²) in [6.07, 6.45) is 6.12. The number of ether oxygens (including phenoxy) is 1. The number of hydrogen-bond acceptors (Lipinski definition) is 7. The van der Waals surface area contributed by atoms with Gasteiger partial charge >= 0.3 is 0 Å². The average molecular weight is 599 g/mol. The van der Waals surface area contributed by atoms with Crippen LogP contribution in [0.5, 0.6) is 0 Å². The zero-order chi connectivity index (χ0) is 29.8. The highest BCUT2D eigenvalue weighted by Gasteiger charge is 2.59. The molecule has 2 aliphatic carbocycles. The highest BCUT2D eigenvalue weighted by atomic mass is 28.4. The Hall–Kier alpha value is -2.09. The molecule has 11 heteroatoms. The van der Waals surface area contributed by atoms with Crippen molar-refractivity contribution in [1.29, 1.82) is 0 Å². The molecule has 41 heavy (non-hydrogen) atoms. The molecule has 0 radical (unpaired) electrons. The fraction of sp³-hybridized carbons (Fsp3) is 0.733. The van der Waals surface area contributed by atoms with E-state index in [2.05, 4.69) is 64.1 Å². The summed E-state index contributed by atoms with van der Waals surface area (Å²) in [5.41, 5.74) is 2.61. The van der Waals surface area contributed by atoms with Gasteiger partial charge in [-0.3, -0.25) is 4.79 Å². The molecule has 2 saturated carbocycles. The smallest absolute Gasteiger partial charge is 0.236 e. The largest absolute Gasteiger partial charge is 0.414 e. The van der Waals surface area contributed by atoms with Crippen LogP contribution >= 0.6 is 0 Å². The zero-order valence-corrected chi connectivity index (χ0v) is 28.6. The van der Waals surface area contributed by atoms with Gasteiger partial charge in [0, 0.05) is 44.0 Å². The second kappa shape index (κ2) is 10.9. The predicted molar refractivity (Wildman–Crippen MR) is 169 cm³/mol. The van der Waals surface area contributed by atoms with Gasteiger partial charge in [0.25, 0.3) is 0 Å². The Balaban J connectivity index is 1.37. The molecule has 2 N–H and O–H groups in total. The summed E-state index contributed by atoms with van der Waals surface area (Å²) in [5.74, 6) is 2.13. The molecule has 1 spiro atoms. The SMILES string of the molecule is Cc1cc(Nc2nc3c(c([C@@H]4CCC[C@@H](O[Si](C)(C)C(C)(C)C)C4)n2)C2(CC2)C(=O)N3)nn1COCC[Si](C)(C)C. The molecule has 1 aliphatic heterocycles. The third-order valence-electron chi connectivity index (χ3n) is 9.54. The summed E-state index contributed by atoms with van der Waals surface area (Å²) in [7, 11) is -3.03. The molecule has 3 heterocycles. The van der Waals surface area contributed by atoms with E-state index in [0.717, 1.165) is 68.1 Å². The van der Waals surface area contributed by atoms with Crippen LogP contribution in [-0.4, -0.2) is 54.8 Å². The number of rotatable bonds is 10. The molecule has 0 unspecified atom stereocenters. The van der Waals surface area contributed by atoms with E-state index in [1.807, 2.05) is 17.7 Å². The Kier molecular flexibility index (Phi) is 8.06. The number of nitrogens with zero attached hydrogens (tertiary/aromatic N) is 4. The fourth-order valence-corrected chi connectivity index (χ4v) is 7.93. The van der Waals surface area contributed by atoms with Gasteiger partial charge in [-0.05, 0) is 63.2 Å². The monoisotopic (exact) mass is 598 g/mol. The zero-order valence-electron chi connectivity index (χ0n) is 26.6. The van der Waals surface area contributed by atoms with E-state index in [1.165, 1.54) is 0 Å². The van der Waals surface area contributed by atoms with Crippen LogP contribution in [0.25, 0.3) is 0 Å². The lowest BCUT2D eigenvalue weighted by Gasteiger charge is -2.41. The van der Waals surface area contributed by atoms with Crippen LogP contribution in [0.3, 0.4) is 0 Å². The van der Waals surface area contributed by atoms with Crippen molar-refractivity contribution in [1.82, 2.24) is 19.7 Å². The molecular weight excluding hydrogens is 549 g/mol. The second-order valence-corrected chi connectivity index (χ2v) is 25.6. The maximum absolute atomic E-state index is 13.1. The summed E-state index contributed by atoms with van der Waals surface area (Å²) in [4.78, 5) is 23.0. The van der Waals surface area contributed by atoms with Crippen molar-refractivity contribution in [2.24, 2.45) is 0 Å². The normalized spacial score (nSPS) is 22.1. The van der Waals surface area contributed by atoms with Crippen molar-refractivity contribution in [2.75, 3.05) is 17.2 Å². The first-order valence-electron chi connectivity index (χ1n) is 15.4. The number of carbonyl (C=O) groups is 1.